The zero-order valence-corrected chi connectivity index (χ0v) is 33.3. The third-order valence-corrected chi connectivity index (χ3v) is 10.9. The Balaban J connectivity index is 0.000000249. The summed E-state index contributed by atoms with van der Waals surface area (Å²) in [6.07, 6.45) is 2.22. The third-order valence-electron chi connectivity index (χ3n) is 7.82. The molecule has 1 fully saturated rings. The minimum Gasteiger partial charge on any atom is -0.328 e. The SMILES string of the molecule is CCOP(=O)(CCCc1ccccc1)OCC.CCOP(O)OCC.c1ccc(CN2CN(Cc3ccccc3)CN(Cc3ccccc3)C2)cc1. The van der Waals surface area contributed by atoms with Crippen LogP contribution >= 0.6 is 16.2 Å². The van der Waals surface area contributed by atoms with E-state index in [4.69, 9.17) is 13.9 Å². The van der Waals surface area contributed by atoms with Crippen molar-refractivity contribution in [2.45, 2.75) is 60.2 Å². The first kappa shape index (κ1) is 43.6. The second kappa shape index (κ2) is 26.1. The standard InChI is InChI=1S/C24H27N3.C13H21O3P.C4H11O3P/c1-4-10-22(11-5-1)16-25-19-26(17-23-12-6-2-7-13-23)21-27(20-25)18-24-14-8-3-9-15-24;1-3-15-17(14,16-4-2)12-8-11-13-9-6-5-7-10-13;1-3-6-8(5)7-4-2/h1-15H,16-21H2;5-7,9-10H,3-4,8,11-12H2,1-2H3;5H,3-4H2,1-2H3. The number of benzene rings is 4. The normalized spacial score (nSPS) is 14.0. The summed E-state index contributed by atoms with van der Waals surface area (Å²) in [6, 6.07) is 42.5. The van der Waals surface area contributed by atoms with Crippen LogP contribution in [-0.4, -0.2) is 72.2 Å². The van der Waals surface area contributed by atoms with Crippen molar-refractivity contribution in [3.05, 3.63) is 144 Å². The van der Waals surface area contributed by atoms with Gasteiger partial charge < -0.3 is 23.0 Å². The number of hydrogen-bond acceptors (Lipinski definition) is 9. The smallest absolute Gasteiger partial charge is 0.328 e. The summed E-state index contributed by atoms with van der Waals surface area (Å²) in [5.41, 5.74) is 5.38. The molecule has 4 aromatic carbocycles. The topological polar surface area (TPSA) is 83.9 Å². The lowest BCUT2D eigenvalue weighted by Gasteiger charge is -2.42. The maximum atomic E-state index is 12.2. The van der Waals surface area contributed by atoms with E-state index in [0.717, 1.165) is 52.5 Å². The van der Waals surface area contributed by atoms with Gasteiger partial charge >= 0.3 is 16.2 Å². The molecule has 0 atom stereocenters. The van der Waals surface area contributed by atoms with Crippen LogP contribution in [0, 0.1) is 0 Å². The fraction of sp³-hybridized carbons (Fsp3) is 0.415. The van der Waals surface area contributed by atoms with E-state index < -0.39 is 16.2 Å². The summed E-state index contributed by atoms with van der Waals surface area (Å²) in [5.74, 6) is 0. The predicted molar refractivity (Wildman–Crippen MR) is 213 cm³/mol. The van der Waals surface area contributed by atoms with Crippen LogP contribution < -0.4 is 0 Å². The lowest BCUT2D eigenvalue weighted by atomic mass is 10.1. The van der Waals surface area contributed by atoms with Crippen molar-refractivity contribution in [1.29, 1.82) is 0 Å². The summed E-state index contributed by atoms with van der Waals surface area (Å²) >= 11 is 0. The van der Waals surface area contributed by atoms with Crippen LogP contribution in [0.15, 0.2) is 121 Å². The minimum atomic E-state index is -2.86. The summed E-state index contributed by atoms with van der Waals surface area (Å²) in [4.78, 5) is 16.3. The Morgan fingerprint density at radius 1 is 0.538 bits per heavy atom. The fourth-order valence-corrected chi connectivity index (χ4v) is 7.93. The van der Waals surface area contributed by atoms with Gasteiger partial charge in [0.1, 0.15) is 0 Å². The predicted octanol–water partition coefficient (Wildman–Crippen LogP) is 9.54. The molecule has 1 N–H and O–H groups in total. The largest absolute Gasteiger partial charge is 0.330 e. The summed E-state index contributed by atoms with van der Waals surface area (Å²) in [7, 11) is -4.44. The monoisotopic (exact) mass is 751 g/mol. The molecule has 1 heterocycles. The molecule has 284 valence electrons. The van der Waals surface area contributed by atoms with Gasteiger partial charge in [-0.15, -0.1) is 0 Å². The molecule has 52 heavy (non-hydrogen) atoms. The van der Waals surface area contributed by atoms with E-state index in [9.17, 15) is 4.57 Å². The molecule has 0 aliphatic carbocycles. The Morgan fingerprint density at radius 3 is 1.17 bits per heavy atom. The molecule has 1 aliphatic heterocycles. The third kappa shape index (κ3) is 18.3. The lowest BCUT2D eigenvalue weighted by Crippen LogP contribution is -2.53. The van der Waals surface area contributed by atoms with Crippen LogP contribution in [0.5, 0.6) is 0 Å². The molecule has 9 nitrogen and oxygen atoms in total. The second-order valence-electron chi connectivity index (χ2n) is 12.2. The maximum absolute atomic E-state index is 12.2. The van der Waals surface area contributed by atoms with Crippen LogP contribution in [0.4, 0.5) is 0 Å². The van der Waals surface area contributed by atoms with Gasteiger partial charge in [-0.2, -0.15) is 0 Å². The van der Waals surface area contributed by atoms with Gasteiger partial charge in [-0.25, -0.2) is 0 Å². The Labute approximate surface area is 314 Å². The van der Waals surface area contributed by atoms with E-state index in [1.807, 2.05) is 45.9 Å². The fourth-order valence-electron chi connectivity index (χ4n) is 5.75. The molecular weight excluding hydrogens is 692 g/mol. The summed E-state index contributed by atoms with van der Waals surface area (Å²) in [5, 5.41) is 0. The van der Waals surface area contributed by atoms with Gasteiger partial charge in [0.15, 0.2) is 0 Å². The first-order chi connectivity index (χ1) is 25.4. The molecule has 1 saturated heterocycles. The highest BCUT2D eigenvalue weighted by Gasteiger charge is 2.24. The average molecular weight is 752 g/mol. The molecular formula is C41H59N3O6P2. The van der Waals surface area contributed by atoms with Gasteiger partial charge in [-0.05, 0) is 62.8 Å². The van der Waals surface area contributed by atoms with Crippen molar-refractivity contribution < 1.29 is 27.6 Å². The van der Waals surface area contributed by atoms with Gasteiger partial charge in [0.05, 0.1) is 52.6 Å². The van der Waals surface area contributed by atoms with Gasteiger partial charge in [-0.3, -0.25) is 19.3 Å². The number of rotatable bonds is 18. The first-order valence-corrected chi connectivity index (χ1v) is 21.2. The number of hydrogen-bond donors (Lipinski definition) is 1. The van der Waals surface area contributed by atoms with Gasteiger partial charge in [-0.1, -0.05) is 121 Å². The zero-order chi connectivity index (χ0) is 37.3. The highest BCUT2D eigenvalue weighted by Crippen LogP contribution is 2.48. The lowest BCUT2D eigenvalue weighted by molar-refractivity contribution is -0.0422. The van der Waals surface area contributed by atoms with Crippen molar-refractivity contribution in [2.75, 3.05) is 52.6 Å². The summed E-state index contributed by atoms with van der Waals surface area (Å²) < 4.78 is 32.0. The van der Waals surface area contributed by atoms with Crippen molar-refractivity contribution in [3.63, 3.8) is 0 Å². The summed E-state index contributed by atoms with van der Waals surface area (Å²) in [6.45, 7) is 15.1. The molecule has 0 saturated carbocycles. The van der Waals surface area contributed by atoms with Crippen molar-refractivity contribution in [3.8, 4) is 0 Å². The quantitative estimate of drug-likeness (QED) is 0.100. The van der Waals surface area contributed by atoms with E-state index in [0.29, 0.717) is 32.6 Å². The van der Waals surface area contributed by atoms with E-state index in [-0.39, 0.29) is 0 Å². The van der Waals surface area contributed by atoms with Crippen LogP contribution in [0.25, 0.3) is 0 Å². The number of aryl methyl sites for hydroxylation is 1. The van der Waals surface area contributed by atoms with Crippen molar-refractivity contribution >= 4 is 16.2 Å². The number of nitrogens with zero attached hydrogens (tertiary/aromatic N) is 3. The Kier molecular flexibility index (Phi) is 21.9. The van der Waals surface area contributed by atoms with Gasteiger partial charge in [0.25, 0.3) is 0 Å². The molecule has 0 amide bonds. The Hall–Kier alpha value is -2.78. The molecule has 0 bridgehead atoms. The van der Waals surface area contributed by atoms with Crippen LogP contribution in [0.2, 0.25) is 0 Å². The molecule has 11 heteroatoms. The maximum Gasteiger partial charge on any atom is 0.330 e. The average Bonchev–Trinajstić information content (AvgIpc) is 3.14. The van der Waals surface area contributed by atoms with E-state index in [1.54, 1.807) is 0 Å². The molecule has 5 rings (SSSR count). The zero-order valence-electron chi connectivity index (χ0n) is 31.5. The molecule has 0 radical (unpaired) electrons. The minimum absolute atomic E-state index is 0.433. The van der Waals surface area contributed by atoms with Gasteiger partial charge in [0.2, 0.25) is 0 Å². The van der Waals surface area contributed by atoms with Crippen LogP contribution in [0.1, 0.15) is 56.4 Å². The highest BCUT2D eigenvalue weighted by atomic mass is 31.2. The molecule has 1 aliphatic rings. The first-order valence-electron chi connectivity index (χ1n) is 18.3. The molecule has 0 aromatic heterocycles. The molecule has 4 aromatic rings. The van der Waals surface area contributed by atoms with Gasteiger partial charge in [0, 0.05) is 19.6 Å². The molecule has 0 unspecified atom stereocenters. The Morgan fingerprint density at radius 2 is 0.865 bits per heavy atom. The highest BCUT2D eigenvalue weighted by molar-refractivity contribution is 7.53. The Bertz CT molecular complexity index is 1360. The molecule has 0 spiro atoms. The van der Waals surface area contributed by atoms with Crippen LogP contribution in [0.3, 0.4) is 0 Å². The van der Waals surface area contributed by atoms with E-state index in [1.165, 1.54) is 22.3 Å². The van der Waals surface area contributed by atoms with Crippen molar-refractivity contribution in [2.24, 2.45) is 0 Å². The van der Waals surface area contributed by atoms with E-state index in [2.05, 4.69) is 127 Å². The van der Waals surface area contributed by atoms with Crippen molar-refractivity contribution in [1.82, 2.24) is 14.7 Å². The van der Waals surface area contributed by atoms with E-state index >= 15 is 0 Å². The van der Waals surface area contributed by atoms with Crippen LogP contribution in [-0.2, 0) is 48.7 Å². The second-order valence-corrected chi connectivity index (χ2v) is 15.4.